The number of benzene rings is 4. The lowest BCUT2D eigenvalue weighted by atomic mass is 10.0. The molecule has 9 heteroatoms. The van der Waals surface area contributed by atoms with Crippen molar-refractivity contribution in [2.75, 3.05) is 5.32 Å². The van der Waals surface area contributed by atoms with Crippen LogP contribution in [0.5, 0.6) is 5.75 Å². The molecule has 0 fully saturated rings. The number of anilines is 1. The zero-order valence-corrected chi connectivity index (χ0v) is 24.8. The first-order valence-electron chi connectivity index (χ1n) is 13.3. The van der Waals surface area contributed by atoms with Crippen LogP contribution in [0.3, 0.4) is 0 Å². The van der Waals surface area contributed by atoms with E-state index in [4.69, 9.17) is 14.2 Å². The van der Waals surface area contributed by atoms with E-state index in [1.54, 1.807) is 24.3 Å². The van der Waals surface area contributed by atoms with E-state index in [1.807, 2.05) is 86.6 Å². The fourth-order valence-corrected chi connectivity index (χ4v) is 4.54. The standard InChI is InChI=1S/C33H31BrN2O6/c1-22-17-28(34)29(18-23(22)2)35-31(37)30(36-32(38)40-20-25-9-5-3-6-10-25)19-24-13-15-27(16-14-24)42-33(39)41-21-26-11-7-4-8-12-26/h3-18,30H,19-21H2,1-2H3,(H,35,37)(H,36,38)/t30-/m0/s1. The highest BCUT2D eigenvalue weighted by Crippen LogP contribution is 2.26. The molecule has 0 radical (unpaired) electrons. The monoisotopic (exact) mass is 630 g/mol. The molecule has 0 aromatic heterocycles. The summed E-state index contributed by atoms with van der Waals surface area (Å²) in [6.07, 6.45) is -1.39. The third-order valence-electron chi connectivity index (χ3n) is 6.43. The van der Waals surface area contributed by atoms with Crippen molar-refractivity contribution in [3.8, 4) is 5.75 Å². The third-order valence-corrected chi connectivity index (χ3v) is 7.08. The molecular weight excluding hydrogens is 600 g/mol. The van der Waals surface area contributed by atoms with Crippen molar-refractivity contribution < 1.29 is 28.6 Å². The van der Waals surface area contributed by atoms with Crippen LogP contribution in [0.4, 0.5) is 15.3 Å². The van der Waals surface area contributed by atoms with E-state index >= 15 is 0 Å². The van der Waals surface area contributed by atoms with Gasteiger partial charge in [0.15, 0.2) is 0 Å². The lowest BCUT2D eigenvalue weighted by Gasteiger charge is -2.20. The number of aryl methyl sites for hydroxylation is 2. The molecule has 2 amide bonds. The molecule has 0 aliphatic carbocycles. The van der Waals surface area contributed by atoms with Crippen LogP contribution in [0.2, 0.25) is 0 Å². The number of alkyl carbamates (subject to hydrolysis) is 1. The number of carbonyl (C=O) groups excluding carboxylic acids is 3. The zero-order valence-electron chi connectivity index (χ0n) is 23.3. The molecule has 4 aromatic rings. The molecule has 0 saturated carbocycles. The summed E-state index contributed by atoms with van der Waals surface area (Å²) in [4.78, 5) is 38.2. The number of nitrogens with one attached hydrogen (secondary N) is 2. The van der Waals surface area contributed by atoms with Crippen LogP contribution in [0, 0.1) is 13.8 Å². The predicted octanol–water partition coefficient (Wildman–Crippen LogP) is 7.26. The number of hydrogen-bond acceptors (Lipinski definition) is 6. The summed E-state index contributed by atoms with van der Waals surface area (Å²) in [6, 6.07) is 28.0. The van der Waals surface area contributed by atoms with Gasteiger partial charge in [-0.3, -0.25) is 4.79 Å². The topological polar surface area (TPSA) is 103 Å². The minimum atomic E-state index is -0.954. The van der Waals surface area contributed by atoms with E-state index in [1.165, 1.54) is 0 Å². The maximum atomic E-state index is 13.4. The van der Waals surface area contributed by atoms with Crippen molar-refractivity contribution >= 4 is 39.8 Å². The second-order valence-corrected chi connectivity index (χ2v) is 10.5. The van der Waals surface area contributed by atoms with E-state index in [0.717, 1.165) is 32.3 Å². The highest BCUT2D eigenvalue weighted by atomic mass is 79.9. The van der Waals surface area contributed by atoms with Crippen molar-refractivity contribution in [1.29, 1.82) is 0 Å². The van der Waals surface area contributed by atoms with Crippen LogP contribution in [-0.4, -0.2) is 24.2 Å². The summed E-state index contributed by atoms with van der Waals surface area (Å²) in [5, 5.41) is 5.59. The van der Waals surface area contributed by atoms with Crippen LogP contribution in [-0.2, 0) is 33.9 Å². The van der Waals surface area contributed by atoms with Crippen LogP contribution >= 0.6 is 15.9 Å². The van der Waals surface area contributed by atoms with E-state index in [9.17, 15) is 14.4 Å². The fourth-order valence-electron chi connectivity index (χ4n) is 3.98. The van der Waals surface area contributed by atoms with Crippen molar-refractivity contribution in [2.24, 2.45) is 0 Å². The maximum Gasteiger partial charge on any atom is 0.514 e. The first-order chi connectivity index (χ1) is 20.3. The lowest BCUT2D eigenvalue weighted by molar-refractivity contribution is -0.118. The van der Waals surface area contributed by atoms with Gasteiger partial charge in [-0.2, -0.15) is 0 Å². The molecule has 0 unspecified atom stereocenters. The first kappa shape index (κ1) is 30.3. The van der Waals surface area contributed by atoms with Gasteiger partial charge in [-0.25, -0.2) is 9.59 Å². The van der Waals surface area contributed by atoms with E-state index in [0.29, 0.717) is 5.69 Å². The van der Waals surface area contributed by atoms with Crippen molar-refractivity contribution in [3.05, 3.63) is 129 Å². The van der Waals surface area contributed by atoms with E-state index in [2.05, 4.69) is 26.6 Å². The average molecular weight is 632 g/mol. The number of hydrogen-bond donors (Lipinski definition) is 2. The number of carbonyl (C=O) groups is 3. The second-order valence-electron chi connectivity index (χ2n) is 9.64. The summed E-state index contributed by atoms with van der Waals surface area (Å²) in [5.41, 5.74) is 5.07. The molecule has 0 bridgehead atoms. The Labute approximate surface area is 253 Å². The molecular formula is C33H31BrN2O6. The fraction of sp³-hybridized carbons (Fsp3) is 0.182. The highest BCUT2D eigenvalue weighted by Gasteiger charge is 2.23. The molecule has 1 atom stereocenters. The Morgan fingerprint density at radius 3 is 1.93 bits per heavy atom. The van der Waals surface area contributed by atoms with E-state index < -0.39 is 24.2 Å². The van der Waals surface area contributed by atoms with Gasteiger partial charge in [0.05, 0.1) is 5.69 Å². The van der Waals surface area contributed by atoms with Gasteiger partial charge in [0.2, 0.25) is 5.91 Å². The van der Waals surface area contributed by atoms with Crippen LogP contribution in [0.15, 0.2) is 102 Å². The summed E-state index contributed by atoms with van der Waals surface area (Å²) < 4.78 is 16.5. The molecule has 8 nitrogen and oxygen atoms in total. The molecule has 0 aliphatic heterocycles. The SMILES string of the molecule is Cc1cc(Br)c(NC(=O)[C@H](Cc2ccc(OC(=O)OCc3ccccc3)cc2)NC(=O)OCc2ccccc2)cc1C. The summed E-state index contributed by atoms with van der Waals surface area (Å²) in [7, 11) is 0. The normalized spacial score (nSPS) is 11.2. The number of ether oxygens (including phenoxy) is 3. The van der Waals surface area contributed by atoms with Crippen LogP contribution < -0.4 is 15.4 Å². The molecule has 2 N–H and O–H groups in total. The Morgan fingerprint density at radius 1 is 0.738 bits per heavy atom. The Morgan fingerprint density at radius 2 is 1.31 bits per heavy atom. The summed E-state index contributed by atoms with van der Waals surface area (Å²) in [6.45, 7) is 4.09. The Balaban J connectivity index is 1.41. The molecule has 0 saturated heterocycles. The number of amides is 2. The van der Waals surface area contributed by atoms with Gasteiger partial charge < -0.3 is 24.8 Å². The first-order valence-corrected chi connectivity index (χ1v) is 14.1. The van der Waals surface area contributed by atoms with Gasteiger partial charge in [0.1, 0.15) is 25.0 Å². The van der Waals surface area contributed by atoms with Crippen LogP contribution in [0.1, 0.15) is 27.8 Å². The number of rotatable bonds is 10. The van der Waals surface area contributed by atoms with Gasteiger partial charge in [0.25, 0.3) is 0 Å². The van der Waals surface area contributed by atoms with Crippen LogP contribution in [0.25, 0.3) is 0 Å². The summed E-state index contributed by atoms with van der Waals surface area (Å²) in [5.74, 6) is -0.132. The average Bonchev–Trinajstić information content (AvgIpc) is 2.99. The van der Waals surface area contributed by atoms with Gasteiger partial charge in [-0.1, -0.05) is 72.8 Å². The molecule has 4 rings (SSSR count). The van der Waals surface area contributed by atoms with Crippen molar-refractivity contribution in [3.63, 3.8) is 0 Å². The van der Waals surface area contributed by atoms with Crippen molar-refractivity contribution in [2.45, 2.75) is 39.5 Å². The maximum absolute atomic E-state index is 13.4. The molecule has 0 aliphatic rings. The van der Waals surface area contributed by atoms with Crippen molar-refractivity contribution in [1.82, 2.24) is 5.32 Å². The predicted molar refractivity (Wildman–Crippen MR) is 163 cm³/mol. The molecule has 216 valence electrons. The third kappa shape index (κ3) is 9.21. The molecule has 42 heavy (non-hydrogen) atoms. The molecule has 4 aromatic carbocycles. The van der Waals surface area contributed by atoms with Gasteiger partial charge in [-0.15, -0.1) is 0 Å². The molecule has 0 heterocycles. The Bertz CT molecular complexity index is 1510. The second kappa shape index (κ2) is 14.8. The van der Waals surface area contributed by atoms with Gasteiger partial charge in [-0.05, 0) is 81.9 Å². The van der Waals surface area contributed by atoms with Gasteiger partial charge >= 0.3 is 12.2 Å². The highest BCUT2D eigenvalue weighted by molar-refractivity contribution is 9.10. The Hall–Kier alpha value is -4.63. The minimum absolute atomic E-state index is 0.0656. The van der Waals surface area contributed by atoms with E-state index in [-0.39, 0.29) is 25.4 Å². The van der Waals surface area contributed by atoms with Gasteiger partial charge in [0, 0.05) is 10.9 Å². The minimum Gasteiger partial charge on any atom is -0.445 e. The lowest BCUT2D eigenvalue weighted by Crippen LogP contribution is -2.45. The zero-order chi connectivity index (χ0) is 29.9. The Kier molecular flexibility index (Phi) is 10.7. The quantitative estimate of drug-likeness (QED) is 0.141. The largest absolute Gasteiger partial charge is 0.514 e. The smallest absolute Gasteiger partial charge is 0.445 e. The number of halogens is 1. The summed E-state index contributed by atoms with van der Waals surface area (Å²) >= 11 is 3.50. The molecule has 0 spiro atoms.